The van der Waals surface area contributed by atoms with Crippen LogP contribution in [0.25, 0.3) is 0 Å². The molecule has 1 saturated heterocycles. The highest BCUT2D eigenvalue weighted by Crippen LogP contribution is 2.36. The molecule has 1 atom stereocenters. The Balaban J connectivity index is 1.96. The van der Waals surface area contributed by atoms with Crippen LogP contribution >= 0.6 is 63.7 Å². The average Bonchev–Trinajstić information content (AvgIpc) is 3.01. The first-order chi connectivity index (χ1) is 15.6. The number of nitrogens with zero attached hydrogens (tertiary/aromatic N) is 1. The second-order valence-corrected chi connectivity index (χ2v) is 17.3. The molecule has 3 rings (SSSR count). The third-order valence-electron chi connectivity index (χ3n) is 5.34. The Kier molecular flexibility index (Phi) is 8.84. The summed E-state index contributed by atoms with van der Waals surface area (Å²) in [5, 5.41) is 0. The van der Waals surface area contributed by atoms with Crippen molar-refractivity contribution in [1.82, 2.24) is 9.03 Å². The highest BCUT2D eigenvalue weighted by atomic mass is 79.9. The molecule has 0 spiro atoms. The van der Waals surface area contributed by atoms with Gasteiger partial charge in [-0.25, -0.2) is 30.0 Å². The molecule has 34 heavy (non-hydrogen) atoms. The Hall–Kier alpha value is 0.130. The van der Waals surface area contributed by atoms with Crippen LogP contribution in [0, 0.1) is 0 Å². The number of nitrogens with one attached hydrogen (secondary N) is 1. The number of sulfone groups is 1. The highest BCUT2D eigenvalue weighted by molar-refractivity contribution is 9.11. The van der Waals surface area contributed by atoms with Crippen LogP contribution in [0.2, 0.25) is 0 Å². The van der Waals surface area contributed by atoms with Crippen molar-refractivity contribution in [2.75, 3.05) is 24.6 Å². The van der Waals surface area contributed by atoms with E-state index in [0.29, 0.717) is 17.9 Å². The maximum atomic E-state index is 13.7. The van der Waals surface area contributed by atoms with Gasteiger partial charge in [-0.2, -0.15) is 4.31 Å². The van der Waals surface area contributed by atoms with Gasteiger partial charge < -0.3 is 0 Å². The summed E-state index contributed by atoms with van der Waals surface area (Å²) in [5.41, 5.74) is -1.23. The third-order valence-corrected chi connectivity index (χ3v) is 13.7. The normalized spacial score (nSPS) is 20.6. The molecule has 0 aliphatic carbocycles. The van der Waals surface area contributed by atoms with Gasteiger partial charge >= 0.3 is 0 Å². The van der Waals surface area contributed by atoms with Crippen LogP contribution in [0.15, 0.2) is 64.1 Å². The molecule has 0 amide bonds. The van der Waals surface area contributed by atoms with Crippen molar-refractivity contribution in [3.63, 3.8) is 0 Å². The summed E-state index contributed by atoms with van der Waals surface area (Å²) in [6.07, 6.45) is 0.101. The minimum absolute atomic E-state index is 0.0133. The van der Waals surface area contributed by atoms with E-state index in [-0.39, 0.29) is 40.8 Å². The van der Waals surface area contributed by atoms with Crippen LogP contribution in [0.1, 0.15) is 13.3 Å². The number of benzene rings is 2. The molecule has 0 bridgehead atoms. The number of rotatable bonds is 8. The summed E-state index contributed by atoms with van der Waals surface area (Å²) in [4.78, 5) is -0.0642. The predicted octanol–water partition coefficient (Wildman–Crippen LogP) is 4.28. The van der Waals surface area contributed by atoms with Gasteiger partial charge in [0.2, 0.25) is 20.0 Å². The zero-order chi connectivity index (χ0) is 25.5. The monoisotopic (exact) mass is 784 g/mol. The Morgan fingerprint density at radius 1 is 0.941 bits per heavy atom. The van der Waals surface area contributed by atoms with Crippen LogP contribution in [-0.2, 0) is 29.9 Å². The van der Waals surface area contributed by atoms with E-state index >= 15 is 0 Å². The summed E-state index contributed by atoms with van der Waals surface area (Å²) in [6.45, 7) is 1.04. The minimum atomic E-state index is -4.20. The number of hydrogen-bond acceptors (Lipinski definition) is 6. The van der Waals surface area contributed by atoms with Crippen molar-refractivity contribution in [2.24, 2.45) is 0 Å². The van der Waals surface area contributed by atoms with Crippen molar-refractivity contribution in [1.29, 1.82) is 0 Å². The molecule has 0 saturated carbocycles. The van der Waals surface area contributed by atoms with E-state index in [1.807, 2.05) is 0 Å². The molecule has 1 heterocycles. The van der Waals surface area contributed by atoms with Crippen LogP contribution in [0.5, 0.6) is 0 Å². The van der Waals surface area contributed by atoms with Crippen molar-refractivity contribution >= 4 is 93.6 Å². The molecule has 0 unspecified atom stereocenters. The topological polar surface area (TPSA) is 118 Å². The van der Waals surface area contributed by atoms with Gasteiger partial charge in [-0.05, 0) is 81.6 Å². The van der Waals surface area contributed by atoms with Gasteiger partial charge in [0.1, 0.15) is 0 Å². The minimum Gasteiger partial charge on any atom is -0.229 e. The molecular weight excluding hydrogens is 768 g/mol. The van der Waals surface area contributed by atoms with Crippen LogP contribution < -0.4 is 4.72 Å². The molecule has 1 fully saturated rings. The van der Waals surface area contributed by atoms with E-state index in [1.54, 1.807) is 31.2 Å². The van der Waals surface area contributed by atoms with E-state index < -0.39 is 35.4 Å². The fourth-order valence-electron chi connectivity index (χ4n) is 3.71. The Morgan fingerprint density at radius 2 is 1.47 bits per heavy atom. The Labute approximate surface area is 233 Å². The van der Waals surface area contributed by atoms with Gasteiger partial charge in [-0.1, -0.05) is 31.9 Å². The van der Waals surface area contributed by atoms with E-state index in [0.717, 1.165) is 4.31 Å². The first-order valence-electron chi connectivity index (χ1n) is 9.70. The molecule has 1 N–H and O–H groups in total. The highest BCUT2D eigenvalue weighted by Gasteiger charge is 2.48. The van der Waals surface area contributed by atoms with Crippen molar-refractivity contribution in [3.05, 3.63) is 54.3 Å². The van der Waals surface area contributed by atoms with Gasteiger partial charge in [0, 0.05) is 36.5 Å². The Bertz CT molecular complexity index is 1430. The van der Waals surface area contributed by atoms with Gasteiger partial charge in [-0.3, -0.25) is 0 Å². The van der Waals surface area contributed by atoms with Gasteiger partial charge in [0.25, 0.3) is 0 Å². The molecule has 188 valence electrons. The molecule has 2 aromatic rings. The maximum Gasteiger partial charge on any atom is 0.244 e. The lowest BCUT2D eigenvalue weighted by atomic mass is 10.0. The SMILES string of the molecule is C[C@]1(N(CCNS(=O)(=O)c2cc(Br)ccc2Br)S(=O)(=O)c2cc(Br)ccc2Br)CCS(=O)(=O)C1. The lowest BCUT2D eigenvalue weighted by molar-refractivity contribution is 0.236. The number of halogens is 4. The van der Waals surface area contributed by atoms with Crippen LogP contribution in [-0.4, -0.2) is 59.7 Å². The van der Waals surface area contributed by atoms with Crippen LogP contribution in [0.3, 0.4) is 0 Å². The van der Waals surface area contributed by atoms with Crippen molar-refractivity contribution in [3.8, 4) is 0 Å². The lowest BCUT2D eigenvalue weighted by Crippen LogP contribution is -2.53. The average molecular weight is 788 g/mol. The molecule has 1 aliphatic rings. The van der Waals surface area contributed by atoms with E-state index in [1.165, 1.54) is 12.1 Å². The molecule has 15 heteroatoms. The number of sulfonamides is 2. The lowest BCUT2D eigenvalue weighted by Gasteiger charge is -2.36. The third kappa shape index (κ3) is 6.33. The zero-order valence-electron chi connectivity index (χ0n) is 17.6. The molecule has 2 aromatic carbocycles. The zero-order valence-corrected chi connectivity index (χ0v) is 26.4. The standard InChI is InChI=1S/C19H20Br4N2O6S3/c1-19(6-9-32(26,27)12-19)25(34(30,31)18-11-14(21)3-5-16(18)23)8-7-24-33(28,29)17-10-13(20)2-4-15(17)22/h2-5,10-11,24H,6-9,12H2,1H3/t19-/m0/s1. The summed E-state index contributed by atoms with van der Waals surface area (Å²) < 4.78 is 83.0. The summed E-state index contributed by atoms with van der Waals surface area (Å²) >= 11 is 13.0. The number of hydrogen-bond donors (Lipinski definition) is 1. The first-order valence-corrected chi connectivity index (χ1v) is 17.6. The maximum absolute atomic E-state index is 13.7. The smallest absolute Gasteiger partial charge is 0.229 e. The largest absolute Gasteiger partial charge is 0.244 e. The molecular formula is C19H20Br4N2O6S3. The molecule has 0 aromatic heterocycles. The molecule has 8 nitrogen and oxygen atoms in total. The predicted molar refractivity (Wildman–Crippen MR) is 144 cm³/mol. The fourth-order valence-corrected chi connectivity index (χ4v) is 11.7. The quantitative estimate of drug-likeness (QED) is 0.427. The van der Waals surface area contributed by atoms with Crippen molar-refractivity contribution < 1.29 is 25.3 Å². The Morgan fingerprint density at radius 3 is 2.00 bits per heavy atom. The van der Waals surface area contributed by atoms with Gasteiger partial charge in [-0.15, -0.1) is 0 Å². The second kappa shape index (κ2) is 10.5. The molecule has 1 aliphatic heterocycles. The van der Waals surface area contributed by atoms with Gasteiger partial charge in [0.05, 0.1) is 21.3 Å². The van der Waals surface area contributed by atoms with E-state index in [2.05, 4.69) is 68.4 Å². The van der Waals surface area contributed by atoms with E-state index in [4.69, 9.17) is 0 Å². The second-order valence-electron chi connectivity index (χ2n) is 7.96. The van der Waals surface area contributed by atoms with E-state index in [9.17, 15) is 25.3 Å². The summed E-state index contributed by atoms with van der Waals surface area (Å²) in [5.74, 6) is -0.499. The summed E-state index contributed by atoms with van der Waals surface area (Å²) in [7, 11) is -11.6. The molecule has 0 radical (unpaired) electrons. The fraction of sp³-hybridized carbons (Fsp3) is 0.368. The van der Waals surface area contributed by atoms with Crippen LogP contribution in [0.4, 0.5) is 0 Å². The first kappa shape index (κ1) is 28.7. The van der Waals surface area contributed by atoms with Gasteiger partial charge in [0.15, 0.2) is 9.84 Å². The summed E-state index contributed by atoms with van der Waals surface area (Å²) in [6, 6.07) is 9.32. The van der Waals surface area contributed by atoms with Crippen molar-refractivity contribution in [2.45, 2.75) is 28.7 Å².